The predicted octanol–water partition coefficient (Wildman–Crippen LogP) is 3.24. The highest BCUT2D eigenvalue weighted by Gasteiger charge is 2.28. The Morgan fingerprint density at radius 1 is 1.47 bits per heavy atom. The van der Waals surface area contributed by atoms with Crippen LogP contribution in [0.5, 0.6) is 0 Å². The van der Waals surface area contributed by atoms with Crippen LogP contribution in [0.25, 0.3) is 0 Å². The average Bonchev–Trinajstić information content (AvgIpc) is 2.73. The molecule has 0 unspecified atom stereocenters. The second-order valence-corrected chi connectivity index (χ2v) is 9.15. The summed E-state index contributed by atoms with van der Waals surface area (Å²) in [5.41, 5.74) is -0.411. The van der Waals surface area contributed by atoms with E-state index in [9.17, 15) is 13.5 Å². The smallest absolute Gasteiger partial charge is 0.250 e. The van der Waals surface area contributed by atoms with Gasteiger partial charge in [-0.05, 0) is 34.8 Å². The van der Waals surface area contributed by atoms with Crippen LogP contribution in [0.2, 0.25) is 5.02 Å². The third-order valence-electron chi connectivity index (χ3n) is 3.36. The van der Waals surface area contributed by atoms with Crippen LogP contribution in [-0.2, 0) is 10.0 Å². The lowest BCUT2D eigenvalue weighted by Crippen LogP contribution is -2.39. The van der Waals surface area contributed by atoms with Crippen LogP contribution in [0.15, 0.2) is 14.1 Å². The molecule has 1 aromatic heterocycles. The Morgan fingerprint density at radius 3 is 2.42 bits per heavy atom. The van der Waals surface area contributed by atoms with Gasteiger partial charge >= 0.3 is 0 Å². The molecular weight excluding hydrogens is 374 g/mol. The number of halogens is 2. The van der Waals surface area contributed by atoms with E-state index in [1.54, 1.807) is 0 Å². The van der Waals surface area contributed by atoms with Crippen LogP contribution in [0.4, 0.5) is 0 Å². The zero-order valence-corrected chi connectivity index (χ0v) is 14.7. The molecule has 110 valence electrons. The van der Waals surface area contributed by atoms with Crippen LogP contribution < -0.4 is 4.72 Å². The van der Waals surface area contributed by atoms with Crippen molar-refractivity contribution in [3.63, 3.8) is 0 Å². The van der Waals surface area contributed by atoms with Gasteiger partial charge in [-0.1, -0.05) is 25.4 Å². The van der Waals surface area contributed by atoms with Gasteiger partial charge in [-0.15, -0.1) is 11.3 Å². The van der Waals surface area contributed by atoms with Crippen LogP contribution in [0.1, 0.15) is 26.7 Å². The molecule has 8 heteroatoms. The minimum Gasteiger partial charge on any atom is -0.396 e. The zero-order chi connectivity index (χ0) is 14.7. The molecule has 0 spiro atoms. The molecule has 0 radical (unpaired) electrons. The van der Waals surface area contributed by atoms with Crippen molar-refractivity contribution in [2.24, 2.45) is 5.41 Å². The van der Waals surface area contributed by atoms with Crippen molar-refractivity contribution in [2.45, 2.75) is 30.9 Å². The lowest BCUT2D eigenvalue weighted by atomic mass is 9.84. The highest BCUT2D eigenvalue weighted by atomic mass is 79.9. The summed E-state index contributed by atoms with van der Waals surface area (Å²) < 4.78 is 27.6. The molecule has 0 aliphatic carbocycles. The molecule has 1 aromatic rings. The molecule has 0 fully saturated rings. The van der Waals surface area contributed by atoms with Crippen LogP contribution >= 0.6 is 38.9 Å². The van der Waals surface area contributed by atoms with Crippen molar-refractivity contribution in [2.75, 3.05) is 13.2 Å². The van der Waals surface area contributed by atoms with Gasteiger partial charge in [-0.2, -0.15) is 0 Å². The zero-order valence-electron chi connectivity index (χ0n) is 10.7. The van der Waals surface area contributed by atoms with Crippen LogP contribution in [0, 0.1) is 5.41 Å². The number of hydrogen-bond acceptors (Lipinski definition) is 4. The SMILES string of the molecule is CCC(CC)(CO)CNS(=O)(=O)c1cc(Cl)c(Br)s1. The molecule has 19 heavy (non-hydrogen) atoms. The number of nitrogens with one attached hydrogen (secondary N) is 1. The molecule has 0 amide bonds. The number of rotatable bonds is 7. The van der Waals surface area contributed by atoms with Gasteiger partial charge in [0.2, 0.25) is 10.0 Å². The third kappa shape index (κ3) is 4.15. The molecule has 2 N–H and O–H groups in total. The van der Waals surface area contributed by atoms with Crippen molar-refractivity contribution in [1.82, 2.24) is 4.72 Å². The maximum absolute atomic E-state index is 12.1. The minimum atomic E-state index is -3.58. The van der Waals surface area contributed by atoms with E-state index in [0.29, 0.717) is 21.7 Å². The Hall–Kier alpha value is 0.340. The second-order valence-electron chi connectivity index (χ2n) is 4.38. The number of aliphatic hydroxyl groups is 1. The van der Waals surface area contributed by atoms with Gasteiger partial charge in [0, 0.05) is 18.6 Å². The topological polar surface area (TPSA) is 66.4 Å². The van der Waals surface area contributed by atoms with Gasteiger partial charge < -0.3 is 5.11 Å². The molecule has 0 saturated carbocycles. The van der Waals surface area contributed by atoms with Crippen LogP contribution in [0.3, 0.4) is 0 Å². The summed E-state index contributed by atoms with van der Waals surface area (Å²) in [4.78, 5) is 0. The Kier molecular flexibility index (Phi) is 6.28. The molecule has 1 rings (SSSR count). The van der Waals surface area contributed by atoms with Crippen molar-refractivity contribution in [1.29, 1.82) is 0 Å². The molecule has 0 aliphatic rings. The Labute approximate surface area is 131 Å². The summed E-state index contributed by atoms with van der Waals surface area (Å²) in [6, 6.07) is 1.41. The van der Waals surface area contributed by atoms with E-state index in [4.69, 9.17) is 11.6 Å². The van der Waals surface area contributed by atoms with E-state index in [0.717, 1.165) is 11.3 Å². The summed E-state index contributed by atoms with van der Waals surface area (Å²) in [5.74, 6) is 0. The van der Waals surface area contributed by atoms with Gasteiger partial charge in [0.15, 0.2) is 0 Å². The quantitative estimate of drug-likeness (QED) is 0.751. The predicted molar refractivity (Wildman–Crippen MR) is 82.3 cm³/mol. The van der Waals surface area contributed by atoms with Gasteiger partial charge in [0.1, 0.15) is 4.21 Å². The maximum Gasteiger partial charge on any atom is 0.250 e. The lowest BCUT2D eigenvalue weighted by molar-refractivity contribution is 0.119. The maximum atomic E-state index is 12.1. The first-order valence-electron chi connectivity index (χ1n) is 5.85. The van der Waals surface area contributed by atoms with E-state index >= 15 is 0 Å². The average molecular weight is 391 g/mol. The van der Waals surface area contributed by atoms with E-state index in [1.807, 2.05) is 13.8 Å². The largest absolute Gasteiger partial charge is 0.396 e. The van der Waals surface area contributed by atoms with Gasteiger partial charge in [0.05, 0.1) is 8.81 Å². The summed E-state index contributed by atoms with van der Waals surface area (Å²) in [5, 5.41) is 9.81. The first-order valence-corrected chi connectivity index (χ1v) is 9.32. The van der Waals surface area contributed by atoms with Crippen molar-refractivity contribution >= 4 is 48.9 Å². The second kappa shape index (κ2) is 6.87. The van der Waals surface area contributed by atoms with Crippen molar-refractivity contribution in [3.8, 4) is 0 Å². The highest BCUT2D eigenvalue weighted by Crippen LogP contribution is 2.35. The number of thiophene rings is 1. The molecule has 0 atom stereocenters. The third-order valence-corrected chi connectivity index (χ3v) is 7.71. The normalized spacial score (nSPS) is 12.9. The Balaban J connectivity index is 2.86. The molecule has 4 nitrogen and oxygen atoms in total. The molecular formula is C11H17BrClNO3S2. The molecule has 0 aromatic carbocycles. The van der Waals surface area contributed by atoms with Gasteiger partial charge in [-0.3, -0.25) is 0 Å². The first-order chi connectivity index (χ1) is 8.80. The van der Waals surface area contributed by atoms with Gasteiger partial charge in [-0.25, -0.2) is 13.1 Å². The van der Waals surface area contributed by atoms with E-state index in [1.165, 1.54) is 6.07 Å². The summed E-state index contributed by atoms with van der Waals surface area (Å²) in [7, 11) is -3.58. The Bertz CT molecular complexity index is 498. The van der Waals surface area contributed by atoms with E-state index < -0.39 is 15.4 Å². The summed E-state index contributed by atoms with van der Waals surface area (Å²) >= 11 is 10.1. The molecule has 0 saturated heterocycles. The van der Waals surface area contributed by atoms with Crippen molar-refractivity contribution < 1.29 is 13.5 Å². The Morgan fingerprint density at radius 2 is 2.05 bits per heavy atom. The first kappa shape index (κ1) is 17.4. The van der Waals surface area contributed by atoms with Gasteiger partial charge in [0.25, 0.3) is 0 Å². The summed E-state index contributed by atoms with van der Waals surface area (Å²) in [6.45, 7) is 4.04. The lowest BCUT2D eigenvalue weighted by Gasteiger charge is -2.29. The molecule has 1 heterocycles. The monoisotopic (exact) mass is 389 g/mol. The minimum absolute atomic E-state index is 0.0442. The fraction of sp³-hybridized carbons (Fsp3) is 0.636. The highest BCUT2D eigenvalue weighted by molar-refractivity contribution is 9.11. The van der Waals surface area contributed by atoms with E-state index in [2.05, 4.69) is 20.7 Å². The number of sulfonamides is 1. The fourth-order valence-electron chi connectivity index (χ4n) is 1.56. The number of aliphatic hydroxyl groups excluding tert-OH is 1. The van der Waals surface area contributed by atoms with E-state index in [-0.39, 0.29) is 17.4 Å². The standard InChI is InChI=1S/C11H17BrClNO3S2/c1-3-11(4-2,7-15)6-14-19(16,17)9-5-8(13)10(12)18-9/h5,14-15H,3-4,6-7H2,1-2H3. The van der Waals surface area contributed by atoms with Crippen LogP contribution in [-0.4, -0.2) is 26.7 Å². The fourth-order valence-corrected chi connectivity index (χ4v) is 5.16. The molecule has 0 bridgehead atoms. The molecule has 0 aliphatic heterocycles. The summed E-state index contributed by atoms with van der Waals surface area (Å²) in [6.07, 6.45) is 1.41. The van der Waals surface area contributed by atoms with Crippen molar-refractivity contribution in [3.05, 3.63) is 14.9 Å². The number of hydrogen-bond donors (Lipinski definition) is 2.